The molecule has 1 aliphatic rings. The molecule has 7 heteroatoms. The highest BCUT2D eigenvalue weighted by Gasteiger charge is 2.51. The fourth-order valence-corrected chi connectivity index (χ4v) is 4.08. The largest absolute Gasteiger partial charge is 0.478 e. The van der Waals surface area contributed by atoms with Crippen molar-refractivity contribution >= 4 is 11.9 Å². The number of benzene rings is 2. The Bertz CT molecular complexity index is 891. The first-order valence-electron chi connectivity index (χ1n) is 8.62. The smallest absolute Gasteiger partial charge is 0.335 e. The third-order valence-corrected chi connectivity index (χ3v) is 5.62. The lowest BCUT2D eigenvalue weighted by atomic mass is 9.83. The topological polar surface area (TPSA) is 111 Å². The molecule has 1 aliphatic carbocycles. The van der Waals surface area contributed by atoms with E-state index in [9.17, 15) is 19.8 Å². The zero-order chi connectivity index (χ0) is 19.8. The molecule has 0 saturated carbocycles. The van der Waals surface area contributed by atoms with E-state index in [0.717, 1.165) is 16.7 Å². The van der Waals surface area contributed by atoms with E-state index in [4.69, 9.17) is 0 Å². The minimum absolute atomic E-state index is 0.205. The molecule has 0 aliphatic heterocycles. The maximum atomic E-state index is 11.5. The Morgan fingerprint density at radius 3 is 1.85 bits per heavy atom. The molecule has 0 bridgehead atoms. The van der Waals surface area contributed by atoms with Crippen molar-refractivity contribution in [2.24, 2.45) is 0 Å². The van der Waals surface area contributed by atoms with Crippen molar-refractivity contribution in [1.29, 1.82) is 0 Å². The van der Waals surface area contributed by atoms with Crippen LogP contribution in [0.5, 0.6) is 0 Å². The molecular formula is C20H23N3O4. The number of carboxylic acids is 2. The summed E-state index contributed by atoms with van der Waals surface area (Å²) in [6.45, 7) is 0. The Morgan fingerprint density at radius 2 is 1.37 bits per heavy atom. The summed E-state index contributed by atoms with van der Waals surface area (Å²) < 4.78 is 0. The molecule has 0 aromatic heterocycles. The van der Waals surface area contributed by atoms with Crippen molar-refractivity contribution in [2.45, 2.75) is 17.6 Å². The first-order chi connectivity index (χ1) is 12.8. The van der Waals surface area contributed by atoms with Crippen LogP contribution in [0.3, 0.4) is 0 Å². The van der Waals surface area contributed by atoms with Crippen molar-refractivity contribution in [2.75, 3.05) is 21.1 Å². The van der Waals surface area contributed by atoms with Crippen LogP contribution in [0.25, 0.3) is 0 Å². The van der Waals surface area contributed by atoms with Crippen LogP contribution in [0.1, 0.15) is 43.8 Å². The van der Waals surface area contributed by atoms with Gasteiger partial charge in [0.05, 0.1) is 22.3 Å². The lowest BCUT2D eigenvalue weighted by Crippen LogP contribution is -2.52. The summed E-state index contributed by atoms with van der Waals surface area (Å²) in [7, 11) is 5.53. The Balaban J connectivity index is 2.26. The minimum Gasteiger partial charge on any atom is -0.478 e. The molecule has 7 nitrogen and oxygen atoms in total. The molecule has 5 N–H and O–H groups in total. The number of nitrogens with one attached hydrogen (secondary N) is 3. The van der Waals surface area contributed by atoms with Crippen LogP contribution in [0.15, 0.2) is 42.5 Å². The number of aromatic carboxylic acids is 2. The van der Waals surface area contributed by atoms with Crippen molar-refractivity contribution in [3.8, 4) is 0 Å². The van der Waals surface area contributed by atoms with Crippen LogP contribution in [0, 0.1) is 0 Å². The van der Waals surface area contributed by atoms with Gasteiger partial charge in [-0.2, -0.15) is 0 Å². The van der Waals surface area contributed by atoms with Gasteiger partial charge in [0.15, 0.2) is 0 Å². The highest BCUT2D eigenvalue weighted by Crippen LogP contribution is 2.49. The minimum atomic E-state index is -0.990. The van der Waals surface area contributed by atoms with Crippen molar-refractivity contribution < 1.29 is 19.8 Å². The third-order valence-electron chi connectivity index (χ3n) is 5.62. The average Bonchev–Trinajstić information content (AvgIpc) is 2.99. The van der Waals surface area contributed by atoms with Crippen LogP contribution in [-0.2, 0) is 11.2 Å². The van der Waals surface area contributed by atoms with E-state index in [0.29, 0.717) is 6.42 Å². The predicted molar refractivity (Wildman–Crippen MR) is 101 cm³/mol. The molecule has 27 heavy (non-hydrogen) atoms. The summed E-state index contributed by atoms with van der Waals surface area (Å²) in [6, 6.07) is 11.8. The second-order valence-corrected chi connectivity index (χ2v) is 6.69. The number of hydrogen-bond donors (Lipinski definition) is 5. The van der Waals surface area contributed by atoms with E-state index in [2.05, 4.69) is 16.0 Å². The van der Waals surface area contributed by atoms with E-state index < -0.39 is 23.1 Å². The Labute approximate surface area is 157 Å². The first kappa shape index (κ1) is 19.0. The highest BCUT2D eigenvalue weighted by molar-refractivity contribution is 5.88. The molecule has 0 fully saturated rings. The molecule has 0 saturated heterocycles. The van der Waals surface area contributed by atoms with Gasteiger partial charge >= 0.3 is 11.9 Å². The number of fused-ring (bicyclic) bond motifs is 1. The van der Waals surface area contributed by atoms with Crippen molar-refractivity contribution in [3.63, 3.8) is 0 Å². The third kappa shape index (κ3) is 2.80. The molecular weight excluding hydrogens is 346 g/mol. The summed E-state index contributed by atoms with van der Waals surface area (Å²) in [5.41, 5.74) is 1.84. The van der Waals surface area contributed by atoms with Crippen LogP contribution in [0.2, 0.25) is 0 Å². The van der Waals surface area contributed by atoms with Gasteiger partial charge in [0.1, 0.15) is 0 Å². The molecule has 3 rings (SSSR count). The van der Waals surface area contributed by atoms with E-state index >= 15 is 0 Å². The van der Waals surface area contributed by atoms with Gasteiger partial charge in [-0.05, 0) is 62.1 Å². The summed E-state index contributed by atoms with van der Waals surface area (Å²) >= 11 is 0. The average molecular weight is 369 g/mol. The maximum Gasteiger partial charge on any atom is 0.335 e. The van der Waals surface area contributed by atoms with Crippen LogP contribution >= 0.6 is 0 Å². The summed E-state index contributed by atoms with van der Waals surface area (Å²) in [5, 5.41) is 28.7. The molecule has 142 valence electrons. The van der Waals surface area contributed by atoms with E-state index in [-0.39, 0.29) is 11.1 Å². The van der Waals surface area contributed by atoms with E-state index in [1.807, 2.05) is 27.2 Å². The van der Waals surface area contributed by atoms with Crippen LogP contribution in [0.4, 0.5) is 0 Å². The van der Waals surface area contributed by atoms with E-state index in [1.54, 1.807) is 36.4 Å². The molecule has 0 heterocycles. The molecule has 0 amide bonds. The number of carbonyl (C=O) groups is 2. The van der Waals surface area contributed by atoms with E-state index in [1.165, 1.54) is 0 Å². The molecule has 2 aromatic carbocycles. The fraction of sp³-hybridized carbons (Fsp3) is 0.300. The van der Waals surface area contributed by atoms with Gasteiger partial charge in [0.2, 0.25) is 0 Å². The SMILES string of the molecule is CNC1(NC)CC(NC)(c2ccc(C(=O)O)cc2)c2cc(C(=O)O)ccc21. The van der Waals surface area contributed by atoms with Crippen molar-refractivity contribution in [1.82, 2.24) is 16.0 Å². The molecule has 1 unspecified atom stereocenters. The van der Waals surface area contributed by atoms with Gasteiger partial charge in [-0.25, -0.2) is 9.59 Å². The zero-order valence-corrected chi connectivity index (χ0v) is 15.5. The lowest BCUT2D eigenvalue weighted by molar-refractivity contribution is 0.0686. The number of rotatable bonds is 6. The predicted octanol–water partition coefficient (Wildman–Crippen LogP) is 1.54. The molecule has 0 spiro atoms. The summed E-state index contributed by atoms with van der Waals surface area (Å²) in [4.78, 5) is 22.7. The normalized spacial score (nSPS) is 20.3. The zero-order valence-electron chi connectivity index (χ0n) is 15.5. The second-order valence-electron chi connectivity index (χ2n) is 6.69. The quantitative estimate of drug-likeness (QED) is 0.491. The Kier molecular flexibility index (Phi) is 4.77. The summed E-state index contributed by atoms with van der Waals surface area (Å²) in [6.07, 6.45) is 0.578. The summed E-state index contributed by atoms with van der Waals surface area (Å²) in [5.74, 6) is -1.98. The maximum absolute atomic E-state index is 11.5. The van der Waals surface area contributed by atoms with Gasteiger partial charge in [-0.3, -0.25) is 10.6 Å². The Morgan fingerprint density at radius 1 is 0.815 bits per heavy atom. The van der Waals surface area contributed by atoms with Gasteiger partial charge in [-0.1, -0.05) is 18.2 Å². The monoisotopic (exact) mass is 369 g/mol. The van der Waals surface area contributed by atoms with Crippen molar-refractivity contribution in [3.05, 3.63) is 70.3 Å². The second kappa shape index (κ2) is 6.77. The lowest BCUT2D eigenvalue weighted by Gasteiger charge is -2.35. The standard InChI is InChI=1S/C20H23N3O4/c1-21-19(14-7-4-12(5-8-14)17(24)25)11-20(22-2,23-3)15-9-6-13(18(26)27)10-16(15)19/h4-10,21-23H,11H2,1-3H3,(H,24,25)(H,26,27). The first-order valence-corrected chi connectivity index (χ1v) is 8.62. The van der Waals surface area contributed by atoms with Gasteiger partial charge in [-0.15, -0.1) is 0 Å². The molecule has 0 radical (unpaired) electrons. The number of hydrogen-bond acceptors (Lipinski definition) is 5. The van der Waals surface area contributed by atoms with Gasteiger partial charge in [0.25, 0.3) is 0 Å². The fourth-order valence-electron chi connectivity index (χ4n) is 4.08. The van der Waals surface area contributed by atoms with Gasteiger partial charge < -0.3 is 15.5 Å². The van der Waals surface area contributed by atoms with Crippen LogP contribution in [-0.4, -0.2) is 43.3 Å². The van der Waals surface area contributed by atoms with Gasteiger partial charge in [0, 0.05) is 6.42 Å². The molecule has 2 aromatic rings. The Hall–Kier alpha value is -2.74. The highest BCUT2D eigenvalue weighted by atomic mass is 16.4. The van der Waals surface area contributed by atoms with Crippen LogP contribution < -0.4 is 16.0 Å². The molecule has 1 atom stereocenters. The number of carboxylic acid groups (broad SMARTS) is 2.